The molecule has 2 aromatic carbocycles. The molecule has 3 N–H and O–H groups in total. The van der Waals surface area contributed by atoms with Gasteiger partial charge in [0.25, 0.3) is 0 Å². The predicted octanol–water partition coefficient (Wildman–Crippen LogP) is 1.74. The van der Waals surface area contributed by atoms with Crippen molar-refractivity contribution in [1.29, 1.82) is 5.26 Å². The van der Waals surface area contributed by atoms with E-state index in [4.69, 9.17) is 11.0 Å². The van der Waals surface area contributed by atoms with Gasteiger partial charge < -0.3 is 11.1 Å². The Labute approximate surface area is 118 Å². The van der Waals surface area contributed by atoms with Gasteiger partial charge in [-0.25, -0.2) is 0 Å². The maximum Gasteiger partial charge on any atom is 0.237 e. The summed E-state index contributed by atoms with van der Waals surface area (Å²) in [7, 11) is 0. The summed E-state index contributed by atoms with van der Waals surface area (Å²) in [5.74, 6) is -0.214. The third-order valence-electron chi connectivity index (χ3n) is 3.14. The van der Waals surface area contributed by atoms with Crippen LogP contribution in [-0.2, 0) is 11.2 Å². The van der Waals surface area contributed by atoms with Crippen LogP contribution in [0.3, 0.4) is 0 Å². The van der Waals surface area contributed by atoms with E-state index in [1.165, 1.54) is 5.39 Å². The van der Waals surface area contributed by atoms with Gasteiger partial charge in [0.2, 0.25) is 5.91 Å². The lowest BCUT2D eigenvalue weighted by Crippen LogP contribution is -2.42. The third kappa shape index (κ3) is 3.56. The molecule has 1 unspecified atom stereocenters. The molecule has 0 aliphatic rings. The zero-order valence-corrected chi connectivity index (χ0v) is 11.2. The first kappa shape index (κ1) is 14.0. The monoisotopic (exact) mass is 267 g/mol. The molecule has 2 rings (SSSR count). The quantitative estimate of drug-likeness (QED) is 0.810. The minimum atomic E-state index is -0.588. The number of fused-ring (bicyclic) bond motifs is 1. The number of carbonyl (C=O) groups is 1. The summed E-state index contributed by atoms with van der Waals surface area (Å²) in [4.78, 5) is 11.7. The largest absolute Gasteiger partial charge is 0.354 e. The lowest BCUT2D eigenvalue weighted by Gasteiger charge is -2.12. The first-order chi connectivity index (χ1) is 9.70. The van der Waals surface area contributed by atoms with Crippen LogP contribution in [0.25, 0.3) is 10.8 Å². The summed E-state index contributed by atoms with van der Waals surface area (Å²) < 4.78 is 0. The van der Waals surface area contributed by atoms with Crippen molar-refractivity contribution < 1.29 is 4.79 Å². The molecule has 0 bridgehead atoms. The molecule has 2 aromatic rings. The van der Waals surface area contributed by atoms with Crippen molar-refractivity contribution in [1.82, 2.24) is 5.32 Å². The van der Waals surface area contributed by atoms with Crippen LogP contribution in [0, 0.1) is 11.3 Å². The Balaban J connectivity index is 2.00. The molecule has 0 aromatic heterocycles. The van der Waals surface area contributed by atoms with Crippen molar-refractivity contribution in [2.75, 3.05) is 6.54 Å². The molecule has 0 spiro atoms. The van der Waals surface area contributed by atoms with Crippen molar-refractivity contribution in [2.24, 2.45) is 5.73 Å². The normalized spacial score (nSPS) is 11.8. The highest BCUT2D eigenvalue weighted by Gasteiger charge is 2.13. The summed E-state index contributed by atoms with van der Waals surface area (Å²) in [6.07, 6.45) is 0.789. The van der Waals surface area contributed by atoms with Crippen LogP contribution in [0.1, 0.15) is 12.0 Å². The molecular weight excluding hydrogens is 250 g/mol. The minimum Gasteiger partial charge on any atom is -0.354 e. The lowest BCUT2D eigenvalue weighted by molar-refractivity contribution is -0.122. The van der Waals surface area contributed by atoms with E-state index in [0.29, 0.717) is 19.4 Å². The second-order valence-corrected chi connectivity index (χ2v) is 4.69. The summed E-state index contributed by atoms with van der Waals surface area (Å²) in [5.41, 5.74) is 6.91. The van der Waals surface area contributed by atoms with E-state index in [-0.39, 0.29) is 5.91 Å². The molecule has 0 aliphatic carbocycles. The molecule has 4 nitrogen and oxygen atoms in total. The van der Waals surface area contributed by atoms with Crippen LogP contribution in [0.15, 0.2) is 42.5 Å². The van der Waals surface area contributed by atoms with E-state index in [9.17, 15) is 4.79 Å². The highest BCUT2D eigenvalue weighted by Crippen LogP contribution is 2.16. The van der Waals surface area contributed by atoms with E-state index < -0.39 is 6.04 Å². The van der Waals surface area contributed by atoms with Crippen molar-refractivity contribution in [3.8, 4) is 6.07 Å². The zero-order chi connectivity index (χ0) is 14.4. The fraction of sp³-hybridized carbons (Fsp3) is 0.250. The number of hydrogen-bond acceptors (Lipinski definition) is 3. The molecular formula is C16H17N3O. The maximum atomic E-state index is 11.7. The van der Waals surface area contributed by atoms with E-state index in [2.05, 4.69) is 11.4 Å². The number of rotatable bonds is 5. The Morgan fingerprint density at radius 3 is 2.75 bits per heavy atom. The Morgan fingerprint density at radius 2 is 2.00 bits per heavy atom. The summed E-state index contributed by atoms with van der Waals surface area (Å²) >= 11 is 0. The van der Waals surface area contributed by atoms with Gasteiger partial charge in [0.1, 0.15) is 0 Å². The summed E-state index contributed by atoms with van der Waals surface area (Å²) in [6.45, 7) is 0.348. The van der Waals surface area contributed by atoms with E-state index >= 15 is 0 Å². The van der Waals surface area contributed by atoms with Crippen LogP contribution in [0.2, 0.25) is 0 Å². The molecule has 20 heavy (non-hydrogen) atoms. The van der Waals surface area contributed by atoms with Crippen LogP contribution in [-0.4, -0.2) is 18.5 Å². The van der Waals surface area contributed by atoms with Gasteiger partial charge in [-0.05, 0) is 22.8 Å². The van der Waals surface area contributed by atoms with Crippen LogP contribution in [0.5, 0.6) is 0 Å². The fourth-order valence-electron chi connectivity index (χ4n) is 2.09. The van der Waals surface area contributed by atoms with Gasteiger partial charge in [0.15, 0.2) is 0 Å². The number of nitrogens with zero attached hydrogens (tertiary/aromatic N) is 1. The Morgan fingerprint density at radius 1 is 1.25 bits per heavy atom. The van der Waals surface area contributed by atoms with E-state index in [1.807, 2.05) is 42.5 Å². The fourth-order valence-corrected chi connectivity index (χ4v) is 2.09. The van der Waals surface area contributed by atoms with Crippen molar-refractivity contribution in [2.45, 2.75) is 18.9 Å². The van der Waals surface area contributed by atoms with Crippen LogP contribution < -0.4 is 11.1 Å². The van der Waals surface area contributed by atoms with Crippen molar-refractivity contribution in [3.63, 3.8) is 0 Å². The first-order valence-corrected chi connectivity index (χ1v) is 6.58. The van der Waals surface area contributed by atoms with Gasteiger partial charge in [0.05, 0.1) is 18.5 Å². The highest BCUT2D eigenvalue weighted by molar-refractivity contribution is 5.84. The SMILES string of the molecule is N#CCCNC(=O)C(N)Cc1ccc2ccccc2c1. The molecule has 0 fully saturated rings. The van der Waals surface area contributed by atoms with Gasteiger partial charge in [-0.1, -0.05) is 42.5 Å². The highest BCUT2D eigenvalue weighted by atomic mass is 16.2. The number of carbonyl (C=O) groups excluding carboxylic acids is 1. The molecule has 102 valence electrons. The standard InChI is InChI=1S/C16H17N3O/c17-8-3-9-19-16(20)15(18)11-12-6-7-13-4-1-2-5-14(13)10-12/h1-2,4-7,10,15H,3,9,11,18H2,(H,19,20). The number of benzene rings is 2. The predicted molar refractivity (Wildman–Crippen MR) is 78.9 cm³/mol. The topological polar surface area (TPSA) is 78.9 Å². The number of amides is 1. The van der Waals surface area contributed by atoms with Gasteiger partial charge in [-0.3, -0.25) is 4.79 Å². The van der Waals surface area contributed by atoms with Crippen molar-refractivity contribution >= 4 is 16.7 Å². The average molecular weight is 267 g/mol. The number of hydrogen-bond donors (Lipinski definition) is 2. The van der Waals surface area contributed by atoms with Gasteiger partial charge in [0, 0.05) is 6.54 Å². The smallest absolute Gasteiger partial charge is 0.237 e. The molecule has 0 saturated carbocycles. The van der Waals surface area contributed by atoms with Gasteiger partial charge >= 0.3 is 0 Å². The molecule has 0 heterocycles. The molecule has 1 atom stereocenters. The molecule has 4 heteroatoms. The third-order valence-corrected chi connectivity index (χ3v) is 3.14. The minimum absolute atomic E-state index is 0.214. The van der Waals surface area contributed by atoms with Gasteiger partial charge in [-0.15, -0.1) is 0 Å². The maximum absolute atomic E-state index is 11.7. The molecule has 0 saturated heterocycles. The van der Waals surface area contributed by atoms with Crippen LogP contribution in [0.4, 0.5) is 0 Å². The number of nitriles is 1. The second-order valence-electron chi connectivity index (χ2n) is 4.69. The van der Waals surface area contributed by atoms with Crippen molar-refractivity contribution in [3.05, 3.63) is 48.0 Å². The van der Waals surface area contributed by atoms with E-state index in [1.54, 1.807) is 0 Å². The average Bonchev–Trinajstić information content (AvgIpc) is 2.47. The lowest BCUT2D eigenvalue weighted by atomic mass is 10.0. The Bertz CT molecular complexity index is 645. The zero-order valence-electron chi connectivity index (χ0n) is 11.2. The number of nitrogens with two attached hydrogens (primary N) is 1. The van der Waals surface area contributed by atoms with E-state index in [0.717, 1.165) is 10.9 Å². The van der Waals surface area contributed by atoms with Gasteiger partial charge in [-0.2, -0.15) is 5.26 Å². The molecule has 0 radical (unpaired) electrons. The molecule has 0 aliphatic heterocycles. The number of nitrogens with one attached hydrogen (secondary N) is 1. The summed E-state index contributed by atoms with van der Waals surface area (Å²) in [5, 5.41) is 13.4. The Kier molecular flexibility index (Phi) is 4.70. The summed E-state index contributed by atoms with van der Waals surface area (Å²) in [6, 6.07) is 15.5. The molecule has 1 amide bonds. The Hall–Kier alpha value is -2.38. The first-order valence-electron chi connectivity index (χ1n) is 6.58. The van der Waals surface area contributed by atoms with Crippen LogP contribution >= 0.6 is 0 Å². The second kappa shape index (κ2) is 6.69.